The lowest BCUT2D eigenvalue weighted by Crippen LogP contribution is -2.25. The van der Waals surface area contributed by atoms with Gasteiger partial charge in [0.25, 0.3) is 0 Å². The number of rotatable bonds is 1. The summed E-state index contributed by atoms with van der Waals surface area (Å²) >= 11 is 0. The highest BCUT2D eigenvalue weighted by Crippen LogP contribution is 2.49. The molecule has 22 heavy (non-hydrogen) atoms. The van der Waals surface area contributed by atoms with Crippen LogP contribution in [0.15, 0.2) is 36.4 Å². The normalized spacial score (nSPS) is 19.4. The lowest BCUT2D eigenvalue weighted by molar-refractivity contribution is 0.292. The van der Waals surface area contributed by atoms with Gasteiger partial charge in [-0.15, -0.1) is 0 Å². The molecule has 2 aliphatic carbocycles. The third-order valence-electron chi connectivity index (χ3n) is 5.86. The van der Waals surface area contributed by atoms with Crippen molar-refractivity contribution in [3.05, 3.63) is 58.9 Å². The Kier molecular flexibility index (Phi) is 3.32. The summed E-state index contributed by atoms with van der Waals surface area (Å²) < 4.78 is 13.4. The van der Waals surface area contributed by atoms with Crippen LogP contribution < -0.4 is 0 Å². The fourth-order valence-electron chi connectivity index (χ4n) is 4.66. The quantitative estimate of drug-likeness (QED) is 0.609. The predicted octanol–water partition coefficient (Wildman–Crippen LogP) is 5.95. The van der Waals surface area contributed by atoms with Crippen molar-refractivity contribution < 1.29 is 4.39 Å². The molecule has 0 bridgehead atoms. The van der Waals surface area contributed by atoms with Crippen LogP contribution in [-0.2, 0) is 11.8 Å². The molecule has 0 saturated heterocycles. The number of halogens is 1. The van der Waals surface area contributed by atoms with Crippen molar-refractivity contribution >= 4 is 0 Å². The van der Waals surface area contributed by atoms with Crippen LogP contribution in [0, 0.1) is 12.7 Å². The third-order valence-corrected chi connectivity index (χ3v) is 5.86. The molecule has 4 rings (SSSR count). The molecule has 1 heteroatoms. The number of hydrogen-bond acceptors (Lipinski definition) is 0. The SMILES string of the molecule is Cc1cc(F)ccc1-c1ccc2c(c1)C1(CCCCC1)CC2. The van der Waals surface area contributed by atoms with Crippen LogP contribution in [0.25, 0.3) is 11.1 Å². The average molecular weight is 294 g/mol. The van der Waals surface area contributed by atoms with Gasteiger partial charge in [-0.25, -0.2) is 4.39 Å². The lowest BCUT2D eigenvalue weighted by atomic mass is 9.70. The van der Waals surface area contributed by atoms with Gasteiger partial charge in [-0.2, -0.15) is 0 Å². The van der Waals surface area contributed by atoms with Crippen LogP contribution in [0.4, 0.5) is 4.39 Å². The van der Waals surface area contributed by atoms with Gasteiger partial charge in [-0.1, -0.05) is 43.5 Å². The highest BCUT2D eigenvalue weighted by atomic mass is 19.1. The first-order chi connectivity index (χ1) is 10.7. The van der Waals surface area contributed by atoms with Gasteiger partial charge in [0.15, 0.2) is 0 Å². The molecule has 0 N–H and O–H groups in total. The van der Waals surface area contributed by atoms with Crippen molar-refractivity contribution in [2.75, 3.05) is 0 Å². The number of fused-ring (bicyclic) bond motifs is 2. The van der Waals surface area contributed by atoms with Crippen molar-refractivity contribution in [1.29, 1.82) is 0 Å². The number of benzene rings is 2. The molecule has 0 radical (unpaired) electrons. The fourth-order valence-corrected chi connectivity index (χ4v) is 4.66. The van der Waals surface area contributed by atoms with Crippen LogP contribution in [-0.4, -0.2) is 0 Å². The minimum atomic E-state index is -0.147. The minimum absolute atomic E-state index is 0.147. The Morgan fingerprint density at radius 2 is 1.73 bits per heavy atom. The smallest absolute Gasteiger partial charge is 0.123 e. The molecule has 114 valence electrons. The summed E-state index contributed by atoms with van der Waals surface area (Å²) in [5, 5.41) is 0. The van der Waals surface area contributed by atoms with E-state index in [0.29, 0.717) is 5.41 Å². The maximum atomic E-state index is 13.4. The maximum absolute atomic E-state index is 13.4. The Morgan fingerprint density at radius 3 is 2.50 bits per heavy atom. The average Bonchev–Trinajstić information content (AvgIpc) is 2.86. The first-order valence-corrected chi connectivity index (χ1v) is 8.58. The zero-order valence-corrected chi connectivity index (χ0v) is 13.3. The molecule has 2 aromatic carbocycles. The topological polar surface area (TPSA) is 0 Å². The van der Waals surface area contributed by atoms with E-state index in [1.807, 2.05) is 13.0 Å². The summed E-state index contributed by atoms with van der Waals surface area (Å²) in [7, 11) is 0. The van der Waals surface area contributed by atoms with Gasteiger partial charge < -0.3 is 0 Å². The zero-order valence-electron chi connectivity index (χ0n) is 13.3. The van der Waals surface area contributed by atoms with E-state index in [9.17, 15) is 4.39 Å². The Labute approximate surface area is 132 Å². The van der Waals surface area contributed by atoms with Crippen molar-refractivity contribution in [3.63, 3.8) is 0 Å². The molecule has 0 atom stereocenters. The molecule has 2 aliphatic rings. The summed E-state index contributed by atoms with van der Waals surface area (Å²) in [6, 6.07) is 12.1. The van der Waals surface area contributed by atoms with Crippen LogP contribution in [0.2, 0.25) is 0 Å². The van der Waals surface area contributed by atoms with Gasteiger partial charge in [-0.3, -0.25) is 0 Å². The van der Waals surface area contributed by atoms with E-state index in [1.165, 1.54) is 56.1 Å². The van der Waals surface area contributed by atoms with Crippen molar-refractivity contribution in [2.45, 2.75) is 57.3 Å². The van der Waals surface area contributed by atoms with Gasteiger partial charge >= 0.3 is 0 Å². The van der Waals surface area contributed by atoms with E-state index in [-0.39, 0.29) is 5.82 Å². The molecule has 2 aromatic rings. The molecular formula is C21H23F. The van der Waals surface area contributed by atoms with Gasteiger partial charge in [0.1, 0.15) is 5.82 Å². The van der Waals surface area contributed by atoms with Gasteiger partial charge in [-0.05, 0) is 78.0 Å². The van der Waals surface area contributed by atoms with E-state index < -0.39 is 0 Å². The van der Waals surface area contributed by atoms with Crippen LogP contribution in [0.1, 0.15) is 55.2 Å². The van der Waals surface area contributed by atoms with Gasteiger partial charge in [0.2, 0.25) is 0 Å². The summed E-state index contributed by atoms with van der Waals surface area (Å²) in [5.74, 6) is -0.147. The van der Waals surface area contributed by atoms with E-state index in [4.69, 9.17) is 0 Å². The molecule has 1 saturated carbocycles. The van der Waals surface area contributed by atoms with Crippen molar-refractivity contribution in [2.24, 2.45) is 0 Å². The van der Waals surface area contributed by atoms with Crippen LogP contribution in [0.5, 0.6) is 0 Å². The molecule has 1 fully saturated rings. The van der Waals surface area contributed by atoms with Crippen molar-refractivity contribution in [3.8, 4) is 11.1 Å². The van der Waals surface area contributed by atoms with Gasteiger partial charge in [0, 0.05) is 0 Å². The third kappa shape index (κ3) is 2.18. The number of hydrogen-bond donors (Lipinski definition) is 0. The van der Waals surface area contributed by atoms with Crippen LogP contribution in [0.3, 0.4) is 0 Å². The Morgan fingerprint density at radius 1 is 0.909 bits per heavy atom. The molecule has 1 spiro atoms. The summed E-state index contributed by atoms with van der Waals surface area (Å²) in [6.45, 7) is 2.00. The molecule has 0 aromatic heterocycles. The molecule has 0 heterocycles. The lowest BCUT2D eigenvalue weighted by Gasteiger charge is -2.34. The molecular weight excluding hydrogens is 271 g/mol. The molecule has 0 aliphatic heterocycles. The minimum Gasteiger partial charge on any atom is -0.207 e. The van der Waals surface area contributed by atoms with Crippen molar-refractivity contribution in [1.82, 2.24) is 0 Å². The number of aryl methyl sites for hydroxylation is 2. The predicted molar refractivity (Wildman–Crippen MR) is 89.7 cm³/mol. The first kappa shape index (κ1) is 14.0. The fraction of sp³-hybridized carbons (Fsp3) is 0.429. The second kappa shape index (κ2) is 5.22. The largest absolute Gasteiger partial charge is 0.207 e. The van der Waals surface area contributed by atoms with E-state index in [0.717, 1.165) is 5.56 Å². The second-order valence-electron chi connectivity index (χ2n) is 7.17. The second-order valence-corrected chi connectivity index (χ2v) is 7.17. The summed E-state index contributed by atoms with van der Waals surface area (Å²) in [4.78, 5) is 0. The van der Waals surface area contributed by atoms with Gasteiger partial charge in [0.05, 0.1) is 0 Å². The van der Waals surface area contributed by atoms with E-state index in [1.54, 1.807) is 23.3 Å². The molecule has 0 amide bonds. The monoisotopic (exact) mass is 294 g/mol. The first-order valence-electron chi connectivity index (χ1n) is 8.58. The summed E-state index contributed by atoms with van der Waals surface area (Å²) in [6.07, 6.45) is 9.41. The Bertz CT molecular complexity index is 702. The van der Waals surface area contributed by atoms with Crippen LogP contribution >= 0.6 is 0 Å². The standard InChI is InChI=1S/C21H23F/c1-15-13-18(22)7-8-19(15)17-6-5-16-9-12-21(20(16)14-17)10-3-2-4-11-21/h5-8,13-14H,2-4,9-12H2,1H3. The Hall–Kier alpha value is -1.63. The molecule has 0 nitrogen and oxygen atoms in total. The Balaban J connectivity index is 1.79. The molecule has 0 unspecified atom stereocenters. The van der Waals surface area contributed by atoms with E-state index >= 15 is 0 Å². The summed E-state index contributed by atoms with van der Waals surface area (Å²) in [5.41, 5.74) is 7.02. The highest BCUT2D eigenvalue weighted by molar-refractivity contribution is 5.69. The highest BCUT2D eigenvalue weighted by Gasteiger charge is 2.39. The zero-order chi connectivity index (χ0) is 15.2. The maximum Gasteiger partial charge on any atom is 0.123 e. The van der Waals surface area contributed by atoms with E-state index in [2.05, 4.69) is 18.2 Å².